The first-order chi connectivity index (χ1) is 11.1. The second-order valence-electron chi connectivity index (χ2n) is 7.26. The van der Waals surface area contributed by atoms with Crippen LogP contribution in [-0.2, 0) is 11.3 Å². The molecule has 0 bridgehead atoms. The van der Waals surface area contributed by atoms with Gasteiger partial charge in [0.25, 0.3) is 0 Å². The summed E-state index contributed by atoms with van der Waals surface area (Å²) in [4.78, 5) is 12.3. The third-order valence-corrected chi connectivity index (χ3v) is 5.56. The van der Waals surface area contributed by atoms with Crippen molar-refractivity contribution in [3.63, 3.8) is 0 Å². The molecule has 5 heteroatoms. The van der Waals surface area contributed by atoms with E-state index in [9.17, 15) is 9.18 Å². The molecular formula is C18H23FN2O2. The monoisotopic (exact) mass is 318 g/mol. The minimum absolute atomic E-state index is 0.0273. The predicted octanol–water partition coefficient (Wildman–Crippen LogP) is 2.36. The van der Waals surface area contributed by atoms with Crippen molar-refractivity contribution in [1.29, 1.82) is 0 Å². The number of hydrogen-bond acceptors (Lipinski definition) is 3. The lowest BCUT2D eigenvalue weighted by Gasteiger charge is -2.37. The molecule has 1 unspecified atom stereocenters. The topological polar surface area (TPSA) is 64.4 Å². The Kier molecular flexibility index (Phi) is 3.76. The lowest BCUT2D eigenvalue weighted by Crippen LogP contribution is -2.44. The second-order valence-corrected chi connectivity index (χ2v) is 7.26. The Bertz CT molecular complexity index is 617. The summed E-state index contributed by atoms with van der Waals surface area (Å²) >= 11 is 0. The zero-order valence-corrected chi connectivity index (χ0v) is 13.1. The van der Waals surface area contributed by atoms with Crippen LogP contribution < -0.4 is 15.8 Å². The van der Waals surface area contributed by atoms with Crippen LogP contribution in [0.4, 0.5) is 4.39 Å². The number of carbonyl (C=O) groups excluding carboxylic acids is 1. The van der Waals surface area contributed by atoms with Crippen LogP contribution in [0.25, 0.3) is 0 Å². The fraction of sp³-hybridized carbons (Fsp3) is 0.611. The van der Waals surface area contributed by atoms with Crippen molar-refractivity contribution >= 4 is 5.91 Å². The van der Waals surface area contributed by atoms with E-state index in [2.05, 4.69) is 5.32 Å². The highest BCUT2D eigenvalue weighted by Gasteiger charge is 2.47. The maximum absolute atomic E-state index is 14.4. The first-order valence-corrected chi connectivity index (χ1v) is 8.59. The number of rotatable bonds is 5. The molecule has 4 atom stereocenters. The molecule has 3 N–H and O–H groups in total. The van der Waals surface area contributed by atoms with Crippen molar-refractivity contribution in [2.45, 2.75) is 50.8 Å². The molecule has 3 fully saturated rings. The van der Waals surface area contributed by atoms with E-state index in [1.54, 1.807) is 18.2 Å². The van der Waals surface area contributed by atoms with Gasteiger partial charge in [0.05, 0.1) is 6.10 Å². The Morgan fingerprint density at radius 3 is 2.83 bits per heavy atom. The first-order valence-electron chi connectivity index (χ1n) is 8.59. The van der Waals surface area contributed by atoms with Crippen LogP contribution in [0.1, 0.15) is 37.7 Å². The zero-order valence-electron chi connectivity index (χ0n) is 13.1. The van der Waals surface area contributed by atoms with Gasteiger partial charge in [-0.2, -0.15) is 0 Å². The summed E-state index contributed by atoms with van der Waals surface area (Å²) in [7, 11) is 0. The van der Waals surface area contributed by atoms with E-state index < -0.39 is 0 Å². The molecular weight excluding hydrogens is 295 g/mol. The lowest BCUT2D eigenvalue weighted by molar-refractivity contribution is -0.125. The molecule has 0 saturated heterocycles. The molecule has 0 radical (unpaired) electrons. The Labute approximate surface area is 135 Å². The van der Waals surface area contributed by atoms with E-state index in [0.29, 0.717) is 23.1 Å². The maximum Gasteiger partial charge on any atom is 0.223 e. The van der Waals surface area contributed by atoms with Crippen molar-refractivity contribution in [2.24, 2.45) is 23.5 Å². The zero-order chi connectivity index (χ0) is 16.0. The summed E-state index contributed by atoms with van der Waals surface area (Å²) < 4.78 is 19.9. The lowest BCUT2D eigenvalue weighted by atomic mass is 9.72. The second kappa shape index (κ2) is 5.78. The van der Waals surface area contributed by atoms with Gasteiger partial charge in [-0.25, -0.2) is 4.39 Å². The Morgan fingerprint density at radius 2 is 2.13 bits per heavy atom. The molecule has 3 aliphatic rings. The largest absolute Gasteiger partial charge is 0.487 e. The smallest absolute Gasteiger partial charge is 0.223 e. The summed E-state index contributed by atoms with van der Waals surface area (Å²) in [5.74, 6) is 1.13. The Balaban J connectivity index is 1.34. The van der Waals surface area contributed by atoms with Gasteiger partial charge in [-0.15, -0.1) is 0 Å². The number of fused-ring (bicyclic) bond motifs is 1. The molecule has 1 aromatic rings. The number of amides is 1. The number of nitrogens with one attached hydrogen (secondary N) is 1. The molecule has 0 heterocycles. The van der Waals surface area contributed by atoms with Crippen LogP contribution in [0.5, 0.6) is 5.75 Å². The van der Waals surface area contributed by atoms with Crippen LogP contribution in [-0.4, -0.2) is 18.1 Å². The number of benzene rings is 1. The minimum Gasteiger partial charge on any atom is -0.487 e. The van der Waals surface area contributed by atoms with E-state index in [0.717, 1.165) is 32.1 Å². The van der Waals surface area contributed by atoms with E-state index in [1.807, 2.05) is 0 Å². The van der Waals surface area contributed by atoms with Crippen molar-refractivity contribution in [2.75, 3.05) is 0 Å². The van der Waals surface area contributed by atoms with E-state index in [4.69, 9.17) is 10.5 Å². The highest BCUT2D eigenvalue weighted by molar-refractivity contribution is 5.79. The molecule has 0 aliphatic heterocycles. The standard InChI is InChI=1S/C18H23FN2O2/c19-17-10(2-1-3-16(17)23-13-4-5-13)9-21-18(22)12-6-11-8-15(20)14(11)7-12/h1-3,11-15H,4-9,20H2,(H,21,22)/t11-,12?,14-,15+/m0/s1. The van der Waals surface area contributed by atoms with Crippen LogP contribution in [0.3, 0.4) is 0 Å². The fourth-order valence-corrected chi connectivity index (χ4v) is 3.97. The van der Waals surface area contributed by atoms with E-state index >= 15 is 0 Å². The Hall–Kier alpha value is -1.62. The first kappa shape index (κ1) is 14.9. The number of hydrogen-bond donors (Lipinski definition) is 2. The normalized spacial score (nSPS) is 32.1. The maximum atomic E-state index is 14.4. The summed E-state index contributed by atoms with van der Waals surface area (Å²) in [6.07, 6.45) is 5.00. The molecule has 1 amide bonds. The molecule has 0 spiro atoms. The van der Waals surface area contributed by atoms with Gasteiger partial charge in [0.15, 0.2) is 11.6 Å². The van der Waals surface area contributed by atoms with Crippen LogP contribution in [0, 0.1) is 23.6 Å². The quantitative estimate of drug-likeness (QED) is 0.876. The van der Waals surface area contributed by atoms with E-state index in [1.165, 1.54) is 0 Å². The summed E-state index contributed by atoms with van der Waals surface area (Å²) in [6.45, 7) is 0.213. The average Bonchev–Trinajstić information content (AvgIpc) is 3.28. The van der Waals surface area contributed by atoms with Crippen molar-refractivity contribution in [3.8, 4) is 5.75 Å². The average molecular weight is 318 g/mol. The minimum atomic E-state index is -0.354. The van der Waals surface area contributed by atoms with Crippen molar-refractivity contribution in [3.05, 3.63) is 29.6 Å². The molecule has 3 aliphatic carbocycles. The number of carbonyl (C=O) groups is 1. The predicted molar refractivity (Wildman–Crippen MR) is 84.2 cm³/mol. The fourth-order valence-electron chi connectivity index (χ4n) is 3.97. The van der Waals surface area contributed by atoms with Crippen molar-refractivity contribution < 1.29 is 13.9 Å². The SMILES string of the molecule is N[C@@H]1C[C@@H]2CC(C(=O)NCc3cccc(OC4CC4)c3F)C[C@@H]21. The molecule has 0 aromatic heterocycles. The Morgan fingerprint density at radius 1 is 1.30 bits per heavy atom. The van der Waals surface area contributed by atoms with Gasteiger partial charge in [-0.3, -0.25) is 4.79 Å². The van der Waals surface area contributed by atoms with Crippen molar-refractivity contribution in [1.82, 2.24) is 5.32 Å². The van der Waals surface area contributed by atoms with Gasteiger partial charge in [0, 0.05) is 24.1 Å². The number of nitrogens with two attached hydrogens (primary N) is 1. The summed E-state index contributed by atoms with van der Waals surface area (Å²) in [6, 6.07) is 5.39. The summed E-state index contributed by atoms with van der Waals surface area (Å²) in [5, 5.41) is 2.89. The third-order valence-electron chi connectivity index (χ3n) is 5.56. The van der Waals surface area contributed by atoms with Crippen LogP contribution >= 0.6 is 0 Å². The summed E-state index contributed by atoms with van der Waals surface area (Å²) in [5.41, 5.74) is 6.46. The molecule has 1 aromatic carbocycles. The van der Waals surface area contributed by atoms with Gasteiger partial charge >= 0.3 is 0 Å². The highest BCUT2D eigenvalue weighted by atomic mass is 19.1. The molecule has 23 heavy (non-hydrogen) atoms. The highest BCUT2D eigenvalue weighted by Crippen LogP contribution is 2.48. The molecule has 4 rings (SSSR count). The van der Waals surface area contributed by atoms with E-state index in [-0.39, 0.29) is 36.3 Å². The van der Waals surface area contributed by atoms with Gasteiger partial charge in [-0.1, -0.05) is 12.1 Å². The molecule has 124 valence electrons. The number of ether oxygens (including phenoxy) is 1. The van der Waals surface area contributed by atoms with Crippen LogP contribution in [0.15, 0.2) is 18.2 Å². The van der Waals surface area contributed by atoms with Gasteiger partial charge < -0.3 is 15.8 Å². The third kappa shape index (κ3) is 2.94. The molecule has 4 nitrogen and oxygen atoms in total. The van der Waals surface area contributed by atoms with Gasteiger partial charge in [0.1, 0.15) is 0 Å². The van der Waals surface area contributed by atoms with Crippen LogP contribution in [0.2, 0.25) is 0 Å². The number of halogens is 1. The van der Waals surface area contributed by atoms with Gasteiger partial charge in [0.2, 0.25) is 5.91 Å². The van der Waals surface area contributed by atoms with Gasteiger partial charge in [-0.05, 0) is 50.0 Å². The molecule has 3 saturated carbocycles.